The number of nitrogens with zero attached hydrogens (tertiary/aromatic N) is 4. The van der Waals surface area contributed by atoms with Gasteiger partial charge in [0.2, 0.25) is 5.95 Å². The fourth-order valence-electron chi connectivity index (χ4n) is 2.98. The van der Waals surface area contributed by atoms with Gasteiger partial charge in [-0.1, -0.05) is 20.3 Å². The lowest BCUT2D eigenvalue weighted by atomic mass is 10.3. The first-order valence-electron chi connectivity index (χ1n) is 9.68. The van der Waals surface area contributed by atoms with Gasteiger partial charge in [0.05, 0.1) is 5.69 Å². The molecule has 0 atom stereocenters. The van der Waals surface area contributed by atoms with Gasteiger partial charge in [0, 0.05) is 26.2 Å². The molecule has 2 rings (SSSR count). The standard InChI is InChI=1S/C18H33N7O/c1-5-7-9-20-17-21-14(3)15-16(23-17)25(18(26)22-15)12-8-11-24(6-2)13-10-19-4/h19H,5-13H2,1-4H3,(H,22,26)(H,20,21,23). The third kappa shape index (κ3) is 5.28. The molecule has 0 fully saturated rings. The van der Waals surface area contributed by atoms with E-state index in [0.717, 1.165) is 63.2 Å². The number of aryl methyl sites for hydroxylation is 2. The summed E-state index contributed by atoms with van der Waals surface area (Å²) < 4.78 is 1.74. The van der Waals surface area contributed by atoms with Crippen molar-refractivity contribution in [2.45, 2.75) is 46.6 Å². The Morgan fingerprint density at radius 1 is 1.15 bits per heavy atom. The molecule has 3 N–H and O–H groups in total. The van der Waals surface area contributed by atoms with Crippen LogP contribution in [0.2, 0.25) is 0 Å². The molecule has 8 nitrogen and oxygen atoms in total. The average Bonchev–Trinajstić information content (AvgIpc) is 2.94. The van der Waals surface area contributed by atoms with Crippen LogP contribution in [-0.4, -0.2) is 64.2 Å². The molecule has 8 heteroatoms. The number of hydrogen-bond acceptors (Lipinski definition) is 6. The number of unbranched alkanes of at least 4 members (excludes halogenated alkanes) is 1. The summed E-state index contributed by atoms with van der Waals surface area (Å²) in [6, 6.07) is 0. The molecule has 2 aromatic rings. The summed E-state index contributed by atoms with van der Waals surface area (Å²) >= 11 is 0. The van der Waals surface area contributed by atoms with E-state index in [1.165, 1.54) is 0 Å². The maximum atomic E-state index is 12.4. The smallest absolute Gasteiger partial charge is 0.327 e. The van der Waals surface area contributed by atoms with Crippen LogP contribution < -0.4 is 16.3 Å². The summed E-state index contributed by atoms with van der Waals surface area (Å²) in [6.07, 6.45) is 3.09. The van der Waals surface area contributed by atoms with Gasteiger partial charge < -0.3 is 20.5 Å². The van der Waals surface area contributed by atoms with Crippen molar-refractivity contribution < 1.29 is 0 Å². The SMILES string of the molecule is CCCCNc1nc(C)c2[nH]c(=O)n(CCCN(CC)CCNC)c2n1. The van der Waals surface area contributed by atoms with Crippen LogP contribution >= 0.6 is 0 Å². The predicted molar refractivity (Wildman–Crippen MR) is 107 cm³/mol. The quantitative estimate of drug-likeness (QED) is 0.496. The molecule has 2 aromatic heterocycles. The molecular formula is C18H33N7O. The summed E-state index contributed by atoms with van der Waals surface area (Å²) in [4.78, 5) is 26.7. The van der Waals surface area contributed by atoms with E-state index in [2.05, 4.69) is 44.3 Å². The molecule has 26 heavy (non-hydrogen) atoms. The first kappa shape index (κ1) is 20.4. The van der Waals surface area contributed by atoms with Crippen molar-refractivity contribution in [3.8, 4) is 0 Å². The van der Waals surface area contributed by atoms with E-state index in [9.17, 15) is 4.79 Å². The van der Waals surface area contributed by atoms with Gasteiger partial charge in [0.1, 0.15) is 5.52 Å². The van der Waals surface area contributed by atoms with E-state index in [-0.39, 0.29) is 5.69 Å². The Labute approximate surface area is 155 Å². The van der Waals surface area contributed by atoms with E-state index in [4.69, 9.17) is 0 Å². The van der Waals surface area contributed by atoms with E-state index < -0.39 is 0 Å². The van der Waals surface area contributed by atoms with Crippen LogP contribution in [0, 0.1) is 6.92 Å². The Hall–Kier alpha value is -1.93. The number of nitrogens with one attached hydrogen (secondary N) is 3. The van der Waals surface area contributed by atoms with Crippen molar-refractivity contribution in [1.29, 1.82) is 0 Å². The van der Waals surface area contributed by atoms with Crippen LogP contribution in [0.1, 0.15) is 38.8 Å². The van der Waals surface area contributed by atoms with Gasteiger partial charge in [-0.3, -0.25) is 4.57 Å². The highest BCUT2D eigenvalue weighted by molar-refractivity contribution is 5.74. The Morgan fingerprint density at radius 3 is 2.65 bits per heavy atom. The monoisotopic (exact) mass is 363 g/mol. The number of imidazole rings is 1. The molecular weight excluding hydrogens is 330 g/mol. The molecule has 0 aliphatic carbocycles. The van der Waals surface area contributed by atoms with Crippen molar-refractivity contribution in [1.82, 2.24) is 29.7 Å². The van der Waals surface area contributed by atoms with Gasteiger partial charge >= 0.3 is 5.69 Å². The van der Waals surface area contributed by atoms with Gasteiger partial charge in [-0.2, -0.15) is 4.98 Å². The molecule has 0 aliphatic heterocycles. The zero-order valence-electron chi connectivity index (χ0n) is 16.6. The van der Waals surface area contributed by atoms with Crippen LogP contribution in [-0.2, 0) is 6.54 Å². The third-order valence-corrected chi connectivity index (χ3v) is 4.60. The highest BCUT2D eigenvalue weighted by Gasteiger charge is 2.13. The number of aromatic amines is 1. The van der Waals surface area contributed by atoms with Crippen LogP contribution in [0.3, 0.4) is 0 Å². The minimum absolute atomic E-state index is 0.110. The van der Waals surface area contributed by atoms with Crippen LogP contribution in [0.5, 0.6) is 0 Å². The van der Waals surface area contributed by atoms with Crippen molar-refractivity contribution in [3.63, 3.8) is 0 Å². The molecule has 0 saturated carbocycles. The topological polar surface area (TPSA) is 90.9 Å². The zero-order valence-corrected chi connectivity index (χ0v) is 16.6. The van der Waals surface area contributed by atoms with Gasteiger partial charge in [0.25, 0.3) is 0 Å². The van der Waals surface area contributed by atoms with Crippen molar-refractivity contribution >= 4 is 17.1 Å². The number of H-pyrrole nitrogens is 1. The lowest BCUT2D eigenvalue weighted by Crippen LogP contribution is -2.32. The van der Waals surface area contributed by atoms with E-state index in [0.29, 0.717) is 18.1 Å². The number of aromatic nitrogens is 4. The molecule has 0 saturated heterocycles. The molecule has 146 valence electrons. The molecule has 0 spiro atoms. The molecule has 0 aromatic carbocycles. The summed E-state index contributed by atoms with van der Waals surface area (Å²) in [5.74, 6) is 0.598. The zero-order chi connectivity index (χ0) is 18.9. The van der Waals surface area contributed by atoms with E-state index >= 15 is 0 Å². The number of rotatable bonds is 12. The highest BCUT2D eigenvalue weighted by Crippen LogP contribution is 2.14. The normalized spacial score (nSPS) is 11.6. The van der Waals surface area contributed by atoms with E-state index in [1.807, 2.05) is 14.0 Å². The third-order valence-electron chi connectivity index (χ3n) is 4.60. The Balaban J connectivity index is 2.10. The lowest BCUT2D eigenvalue weighted by molar-refractivity contribution is 0.280. The average molecular weight is 364 g/mol. The largest absolute Gasteiger partial charge is 0.354 e. The molecule has 2 heterocycles. The maximum Gasteiger partial charge on any atom is 0.327 e. The first-order chi connectivity index (χ1) is 12.6. The number of anilines is 1. The minimum atomic E-state index is -0.110. The Morgan fingerprint density at radius 2 is 1.96 bits per heavy atom. The minimum Gasteiger partial charge on any atom is -0.354 e. The molecule has 0 bridgehead atoms. The van der Waals surface area contributed by atoms with Crippen LogP contribution in [0.15, 0.2) is 4.79 Å². The van der Waals surface area contributed by atoms with Crippen LogP contribution in [0.25, 0.3) is 11.2 Å². The Bertz CT molecular complexity index is 737. The molecule has 0 unspecified atom stereocenters. The second-order valence-electron chi connectivity index (χ2n) is 6.58. The van der Waals surface area contributed by atoms with Gasteiger partial charge in [-0.15, -0.1) is 0 Å². The predicted octanol–water partition coefficient (Wildman–Crippen LogP) is 1.57. The van der Waals surface area contributed by atoms with Crippen molar-refractivity contribution in [2.24, 2.45) is 0 Å². The second kappa shape index (κ2) is 10.3. The maximum absolute atomic E-state index is 12.4. The molecule has 0 amide bonds. The Kier molecular flexibility index (Phi) is 8.06. The van der Waals surface area contributed by atoms with Crippen LogP contribution in [0.4, 0.5) is 5.95 Å². The molecule has 0 aliphatic rings. The van der Waals surface area contributed by atoms with Crippen molar-refractivity contribution in [3.05, 3.63) is 16.2 Å². The summed E-state index contributed by atoms with van der Waals surface area (Å²) in [7, 11) is 1.97. The summed E-state index contributed by atoms with van der Waals surface area (Å²) in [5, 5.41) is 6.43. The lowest BCUT2D eigenvalue weighted by Gasteiger charge is -2.20. The first-order valence-corrected chi connectivity index (χ1v) is 9.68. The summed E-state index contributed by atoms with van der Waals surface area (Å²) in [5.41, 5.74) is 2.12. The van der Waals surface area contributed by atoms with Crippen molar-refractivity contribution in [2.75, 3.05) is 45.1 Å². The fraction of sp³-hybridized carbons (Fsp3) is 0.722. The fourth-order valence-corrected chi connectivity index (χ4v) is 2.98. The summed E-state index contributed by atoms with van der Waals surface area (Å²) in [6.45, 7) is 11.7. The molecule has 0 radical (unpaired) electrons. The number of fused-ring (bicyclic) bond motifs is 1. The van der Waals surface area contributed by atoms with Gasteiger partial charge in [-0.25, -0.2) is 9.78 Å². The van der Waals surface area contributed by atoms with E-state index in [1.54, 1.807) is 4.57 Å². The van der Waals surface area contributed by atoms with Gasteiger partial charge in [-0.05, 0) is 39.9 Å². The second-order valence-corrected chi connectivity index (χ2v) is 6.58. The number of hydrogen-bond donors (Lipinski definition) is 3. The highest BCUT2D eigenvalue weighted by atomic mass is 16.1. The number of likely N-dealkylation sites (N-methyl/N-ethyl adjacent to an activating group) is 2. The van der Waals surface area contributed by atoms with Gasteiger partial charge in [0.15, 0.2) is 5.65 Å².